The Morgan fingerprint density at radius 1 is 1.22 bits per heavy atom. The first kappa shape index (κ1) is 23.2. The second-order valence-corrected chi connectivity index (χ2v) is 7.70. The van der Waals surface area contributed by atoms with Crippen LogP contribution < -0.4 is 10.1 Å². The van der Waals surface area contributed by atoms with Crippen molar-refractivity contribution in [2.45, 2.75) is 32.8 Å². The SMILES string of the molecule is CC(C)[C@@H](CO)NC(=O)c1cc2cc(C#N)ccc2n1Cc1cccc(OC(F)(F)F)c1. The molecule has 2 N–H and O–H groups in total. The lowest BCUT2D eigenvalue weighted by Crippen LogP contribution is -2.41. The van der Waals surface area contributed by atoms with Gasteiger partial charge in [-0.1, -0.05) is 26.0 Å². The number of ether oxygens (including phenoxy) is 1. The van der Waals surface area contributed by atoms with Gasteiger partial charge in [0.05, 0.1) is 24.3 Å². The van der Waals surface area contributed by atoms with Gasteiger partial charge in [-0.15, -0.1) is 13.2 Å². The molecule has 0 aliphatic carbocycles. The molecule has 1 atom stereocenters. The van der Waals surface area contributed by atoms with E-state index in [0.29, 0.717) is 22.0 Å². The number of carbonyl (C=O) groups is 1. The Morgan fingerprint density at radius 2 is 1.97 bits per heavy atom. The number of aliphatic hydroxyl groups is 1. The molecule has 168 valence electrons. The fourth-order valence-electron chi connectivity index (χ4n) is 3.39. The first-order chi connectivity index (χ1) is 15.1. The van der Waals surface area contributed by atoms with Crippen LogP contribution in [0, 0.1) is 17.2 Å². The minimum Gasteiger partial charge on any atom is -0.406 e. The minimum absolute atomic E-state index is 0.0110. The van der Waals surface area contributed by atoms with E-state index in [4.69, 9.17) is 0 Å². The molecule has 0 saturated carbocycles. The molecule has 0 aliphatic rings. The molecule has 0 aliphatic heterocycles. The van der Waals surface area contributed by atoms with E-state index < -0.39 is 18.3 Å². The van der Waals surface area contributed by atoms with Gasteiger partial charge in [-0.3, -0.25) is 4.79 Å². The van der Waals surface area contributed by atoms with Crippen LogP contribution in [0.1, 0.15) is 35.5 Å². The van der Waals surface area contributed by atoms with Gasteiger partial charge in [0.1, 0.15) is 11.4 Å². The van der Waals surface area contributed by atoms with Gasteiger partial charge in [0.15, 0.2) is 0 Å². The van der Waals surface area contributed by atoms with E-state index in [1.807, 2.05) is 19.9 Å². The van der Waals surface area contributed by atoms with Crippen molar-refractivity contribution in [2.24, 2.45) is 5.92 Å². The van der Waals surface area contributed by atoms with Crippen LogP contribution in [-0.2, 0) is 6.54 Å². The monoisotopic (exact) mass is 445 g/mol. The van der Waals surface area contributed by atoms with Crippen LogP contribution in [0.3, 0.4) is 0 Å². The summed E-state index contributed by atoms with van der Waals surface area (Å²) in [5.41, 5.74) is 1.81. The fraction of sp³-hybridized carbons (Fsp3) is 0.304. The number of alkyl halides is 3. The number of rotatable bonds is 7. The molecule has 0 bridgehead atoms. The predicted octanol–water partition coefficient (Wildman–Crippen LogP) is 4.21. The smallest absolute Gasteiger partial charge is 0.406 e. The van der Waals surface area contributed by atoms with Crippen LogP contribution in [0.15, 0.2) is 48.5 Å². The highest BCUT2D eigenvalue weighted by molar-refractivity contribution is 5.99. The standard InChI is InChI=1S/C23H22F3N3O3/c1-14(2)19(13-30)28-22(31)21-10-17-8-15(11-27)6-7-20(17)29(21)12-16-4-3-5-18(9-16)32-23(24,25)26/h3-10,14,19,30H,12-13H2,1-2H3,(H,28,31)/t19-/m1/s1. The molecule has 1 aromatic heterocycles. The molecule has 0 fully saturated rings. The van der Waals surface area contributed by atoms with E-state index >= 15 is 0 Å². The zero-order chi connectivity index (χ0) is 23.5. The van der Waals surface area contributed by atoms with E-state index in [0.717, 1.165) is 0 Å². The van der Waals surface area contributed by atoms with E-state index in [1.165, 1.54) is 18.2 Å². The summed E-state index contributed by atoms with van der Waals surface area (Å²) in [6, 6.07) is 13.7. The lowest BCUT2D eigenvalue weighted by molar-refractivity contribution is -0.274. The molecular formula is C23H22F3N3O3. The number of nitrogens with zero attached hydrogens (tertiary/aromatic N) is 2. The normalized spacial score (nSPS) is 12.6. The van der Waals surface area contributed by atoms with E-state index in [2.05, 4.69) is 10.1 Å². The van der Waals surface area contributed by atoms with Crippen molar-refractivity contribution in [3.63, 3.8) is 0 Å². The number of nitriles is 1. The molecular weight excluding hydrogens is 423 g/mol. The van der Waals surface area contributed by atoms with Gasteiger partial charge in [-0.05, 0) is 47.9 Å². The van der Waals surface area contributed by atoms with Gasteiger partial charge in [-0.2, -0.15) is 5.26 Å². The molecule has 3 rings (SSSR count). The summed E-state index contributed by atoms with van der Waals surface area (Å²) < 4.78 is 43.4. The van der Waals surface area contributed by atoms with Crippen molar-refractivity contribution < 1.29 is 27.8 Å². The maximum atomic E-state index is 13.0. The summed E-state index contributed by atoms with van der Waals surface area (Å²) >= 11 is 0. The lowest BCUT2D eigenvalue weighted by Gasteiger charge is -2.20. The number of aromatic nitrogens is 1. The van der Waals surface area contributed by atoms with Crippen LogP contribution in [0.2, 0.25) is 0 Å². The van der Waals surface area contributed by atoms with E-state index in [1.54, 1.807) is 34.9 Å². The third kappa shape index (κ3) is 5.39. The van der Waals surface area contributed by atoms with Gasteiger partial charge in [0, 0.05) is 17.4 Å². The molecule has 32 heavy (non-hydrogen) atoms. The molecule has 1 heterocycles. The number of carbonyl (C=O) groups excluding carboxylic acids is 1. The highest BCUT2D eigenvalue weighted by Gasteiger charge is 2.31. The molecule has 1 amide bonds. The van der Waals surface area contributed by atoms with Gasteiger partial charge in [-0.25, -0.2) is 0 Å². The lowest BCUT2D eigenvalue weighted by atomic mass is 10.1. The second-order valence-electron chi connectivity index (χ2n) is 7.70. The maximum absolute atomic E-state index is 13.0. The number of aliphatic hydroxyl groups excluding tert-OH is 1. The Labute approximate surface area is 182 Å². The van der Waals surface area contributed by atoms with Crippen molar-refractivity contribution in [1.82, 2.24) is 9.88 Å². The van der Waals surface area contributed by atoms with Crippen LogP contribution in [0.5, 0.6) is 5.75 Å². The molecule has 6 nitrogen and oxygen atoms in total. The maximum Gasteiger partial charge on any atom is 0.573 e. The van der Waals surface area contributed by atoms with Crippen molar-refractivity contribution in [3.05, 3.63) is 65.4 Å². The van der Waals surface area contributed by atoms with Gasteiger partial charge in [0.25, 0.3) is 5.91 Å². The summed E-state index contributed by atoms with van der Waals surface area (Å²) in [5.74, 6) is -0.803. The van der Waals surface area contributed by atoms with E-state index in [-0.39, 0.29) is 30.5 Å². The summed E-state index contributed by atoms with van der Waals surface area (Å²) in [6.07, 6.45) is -4.81. The third-order valence-corrected chi connectivity index (χ3v) is 5.05. The van der Waals surface area contributed by atoms with Crippen molar-refractivity contribution in [1.29, 1.82) is 5.26 Å². The summed E-state index contributed by atoms with van der Waals surface area (Å²) in [6.45, 7) is 3.59. The van der Waals surface area contributed by atoms with Crippen LogP contribution in [0.4, 0.5) is 13.2 Å². The molecule has 0 spiro atoms. The Morgan fingerprint density at radius 3 is 2.59 bits per heavy atom. The molecule has 9 heteroatoms. The summed E-state index contributed by atoms with van der Waals surface area (Å²) in [4.78, 5) is 13.0. The largest absolute Gasteiger partial charge is 0.573 e. The average Bonchev–Trinajstić information content (AvgIpc) is 3.08. The van der Waals surface area contributed by atoms with Gasteiger partial charge >= 0.3 is 6.36 Å². The molecule has 3 aromatic rings. The Hall–Kier alpha value is -3.51. The summed E-state index contributed by atoms with van der Waals surface area (Å²) in [7, 11) is 0. The minimum atomic E-state index is -4.81. The average molecular weight is 445 g/mol. The Balaban J connectivity index is 2.03. The second kappa shape index (κ2) is 9.32. The highest BCUT2D eigenvalue weighted by atomic mass is 19.4. The molecule has 2 aromatic carbocycles. The van der Waals surface area contributed by atoms with Crippen LogP contribution in [-0.4, -0.2) is 34.6 Å². The molecule has 0 saturated heterocycles. The number of nitrogens with one attached hydrogen (secondary N) is 1. The first-order valence-electron chi connectivity index (χ1n) is 9.91. The number of benzene rings is 2. The Kier molecular flexibility index (Phi) is 6.75. The fourth-order valence-corrected chi connectivity index (χ4v) is 3.39. The highest BCUT2D eigenvalue weighted by Crippen LogP contribution is 2.26. The molecule has 0 radical (unpaired) electrons. The van der Waals surface area contributed by atoms with Crippen molar-refractivity contribution >= 4 is 16.8 Å². The number of hydrogen-bond donors (Lipinski definition) is 2. The zero-order valence-electron chi connectivity index (χ0n) is 17.5. The van der Waals surface area contributed by atoms with Crippen LogP contribution in [0.25, 0.3) is 10.9 Å². The topological polar surface area (TPSA) is 87.3 Å². The number of fused-ring (bicyclic) bond motifs is 1. The Bertz CT molecular complexity index is 1160. The quantitative estimate of drug-likeness (QED) is 0.571. The van der Waals surface area contributed by atoms with Gasteiger partial charge in [0.2, 0.25) is 0 Å². The summed E-state index contributed by atoms with van der Waals surface area (Å²) in [5, 5.41) is 22.2. The van der Waals surface area contributed by atoms with E-state index in [9.17, 15) is 28.3 Å². The third-order valence-electron chi connectivity index (χ3n) is 5.05. The van der Waals surface area contributed by atoms with Crippen molar-refractivity contribution in [2.75, 3.05) is 6.61 Å². The molecule has 0 unspecified atom stereocenters. The van der Waals surface area contributed by atoms with Crippen LogP contribution >= 0.6 is 0 Å². The zero-order valence-corrected chi connectivity index (χ0v) is 17.5. The number of halogens is 3. The van der Waals surface area contributed by atoms with Gasteiger partial charge < -0.3 is 19.7 Å². The van der Waals surface area contributed by atoms with Crippen molar-refractivity contribution in [3.8, 4) is 11.8 Å². The number of amides is 1. The first-order valence-corrected chi connectivity index (χ1v) is 9.91. The number of hydrogen-bond acceptors (Lipinski definition) is 4. The predicted molar refractivity (Wildman–Crippen MR) is 112 cm³/mol.